The van der Waals surface area contributed by atoms with Crippen molar-refractivity contribution < 1.29 is 24.2 Å². The Bertz CT molecular complexity index is 475. The van der Waals surface area contributed by atoms with Gasteiger partial charge in [-0.2, -0.15) is 0 Å². The van der Waals surface area contributed by atoms with Gasteiger partial charge in [0.05, 0.1) is 0 Å². The molecule has 7 heteroatoms. The number of alkyl halides is 1. The summed E-state index contributed by atoms with van der Waals surface area (Å²) >= 11 is 0. The highest BCUT2D eigenvalue weighted by molar-refractivity contribution is 5.74. The fraction of sp³-hybridized carbons (Fsp3) is 0.875. The van der Waals surface area contributed by atoms with Gasteiger partial charge in [0.2, 0.25) is 0 Å². The number of likely N-dealkylation sites (tertiary alicyclic amines) is 1. The van der Waals surface area contributed by atoms with Crippen LogP contribution in [0, 0.1) is 17.8 Å². The monoisotopic (exact) mass is 328 g/mol. The molecule has 2 aliphatic heterocycles. The average Bonchev–Trinajstić information content (AvgIpc) is 2.87. The number of rotatable bonds is 4. The van der Waals surface area contributed by atoms with Crippen molar-refractivity contribution in [1.82, 2.24) is 10.2 Å². The van der Waals surface area contributed by atoms with Crippen molar-refractivity contribution in [3.8, 4) is 0 Å². The van der Waals surface area contributed by atoms with Crippen LogP contribution in [0.2, 0.25) is 0 Å². The summed E-state index contributed by atoms with van der Waals surface area (Å²) in [5.74, 6) is -0.494. The van der Waals surface area contributed by atoms with Crippen LogP contribution >= 0.6 is 0 Å². The van der Waals surface area contributed by atoms with E-state index < -0.39 is 30.2 Å². The third kappa shape index (κ3) is 3.66. The van der Waals surface area contributed by atoms with Crippen molar-refractivity contribution in [2.24, 2.45) is 17.8 Å². The van der Waals surface area contributed by atoms with Crippen LogP contribution in [0.3, 0.4) is 0 Å². The second-order valence-corrected chi connectivity index (χ2v) is 7.37. The lowest BCUT2D eigenvalue weighted by molar-refractivity contribution is -0.143. The molecule has 23 heavy (non-hydrogen) atoms. The van der Waals surface area contributed by atoms with Gasteiger partial charge in [0.1, 0.15) is 18.3 Å². The topological polar surface area (TPSA) is 89.9 Å². The number of fused-ring (bicyclic) bond motifs is 1. The van der Waals surface area contributed by atoms with Crippen molar-refractivity contribution in [3.05, 3.63) is 0 Å². The zero-order valence-corrected chi connectivity index (χ0v) is 13.2. The van der Waals surface area contributed by atoms with E-state index in [1.54, 1.807) is 4.90 Å². The molecule has 2 saturated heterocycles. The molecule has 3 fully saturated rings. The Morgan fingerprint density at radius 3 is 2.57 bits per heavy atom. The van der Waals surface area contributed by atoms with Crippen LogP contribution in [-0.2, 0) is 9.59 Å². The van der Waals surface area contributed by atoms with E-state index in [4.69, 9.17) is 0 Å². The summed E-state index contributed by atoms with van der Waals surface area (Å²) in [4.78, 5) is 24.2. The van der Waals surface area contributed by atoms with E-state index in [-0.39, 0.29) is 13.0 Å². The zero-order valence-electron chi connectivity index (χ0n) is 13.2. The normalized spacial score (nSPS) is 41.4. The van der Waals surface area contributed by atoms with Crippen molar-refractivity contribution in [2.45, 2.75) is 50.4 Å². The lowest BCUT2D eigenvalue weighted by Gasteiger charge is -2.42. The van der Waals surface area contributed by atoms with Crippen LogP contribution in [0.1, 0.15) is 32.1 Å². The Morgan fingerprint density at radius 2 is 1.87 bits per heavy atom. The Kier molecular flexibility index (Phi) is 4.87. The minimum Gasteiger partial charge on any atom is -0.480 e. The van der Waals surface area contributed by atoms with Gasteiger partial charge in [0.15, 0.2) is 0 Å². The molecule has 0 amide bonds. The Hall–Kier alpha value is -1.21. The van der Waals surface area contributed by atoms with Crippen LogP contribution in [0.4, 0.5) is 4.39 Å². The third-order valence-electron chi connectivity index (χ3n) is 5.84. The molecule has 0 unspecified atom stereocenters. The van der Waals surface area contributed by atoms with Crippen molar-refractivity contribution in [2.75, 3.05) is 19.6 Å². The first-order valence-electron chi connectivity index (χ1n) is 8.51. The molecule has 0 spiro atoms. The number of nitrogens with one attached hydrogen (secondary N) is 1. The highest BCUT2D eigenvalue weighted by Crippen LogP contribution is 2.39. The summed E-state index contributed by atoms with van der Waals surface area (Å²) in [7, 11) is 0. The summed E-state index contributed by atoms with van der Waals surface area (Å²) in [6.07, 6.45) is 2.65. The van der Waals surface area contributed by atoms with Crippen LogP contribution in [0.5, 0.6) is 0 Å². The number of halogens is 1. The van der Waals surface area contributed by atoms with Crippen molar-refractivity contribution in [3.63, 3.8) is 0 Å². The van der Waals surface area contributed by atoms with E-state index >= 15 is 0 Å². The maximum atomic E-state index is 13.6. The van der Waals surface area contributed by atoms with E-state index in [1.807, 2.05) is 0 Å². The van der Waals surface area contributed by atoms with Crippen LogP contribution in [0.15, 0.2) is 0 Å². The van der Waals surface area contributed by atoms with Gasteiger partial charge < -0.3 is 15.5 Å². The molecule has 3 N–H and O–H groups in total. The van der Waals surface area contributed by atoms with Crippen LogP contribution in [0.25, 0.3) is 0 Å². The van der Waals surface area contributed by atoms with E-state index in [9.17, 15) is 24.2 Å². The number of hydrogen-bond acceptors (Lipinski definition) is 4. The molecule has 6 nitrogen and oxygen atoms in total. The largest absolute Gasteiger partial charge is 0.480 e. The molecule has 0 radical (unpaired) electrons. The smallest absolute Gasteiger partial charge is 0.321 e. The molecule has 3 aliphatic rings. The Morgan fingerprint density at radius 1 is 1.09 bits per heavy atom. The molecule has 1 aliphatic carbocycles. The SMILES string of the molecule is O=C(O)[C@@H]1C[C@H]2C[C@@H](CN3C[C@H](F)C[C@H]3C(=O)O)CC[C@H]2CN1. The molecule has 1 saturated carbocycles. The van der Waals surface area contributed by atoms with Gasteiger partial charge >= 0.3 is 11.9 Å². The fourth-order valence-corrected chi connectivity index (χ4v) is 4.65. The van der Waals surface area contributed by atoms with Crippen molar-refractivity contribution >= 4 is 11.9 Å². The van der Waals surface area contributed by atoms with Gasteiger partial charge in [-0.25, -0.2) is 4.39 Å². The molecule has 0 aromatic heterocycles. The first-order chi connectivity index (χ1) is 10.9. The summed E-state index contributed by atoms with van der Waals surface area (Å²) < 4.78 is 13.6. The van der Waals surface area contributed by atoms with E-state index in [0.29, 0.717) is 30.7 Å². The summed E-state index contributed by atoms with van der Waals surface area (Å²) in [5, 5.41) is 21.5. The highest BCUT2D eigenvalue weighted by Gasteiger charge is 2.41. The van der Waals surface area contributed by atoms with Gasteiger partial charge in [-0.05, 0) is 50.0 Å². The number of carboxylic acids is 2. The lowest BCUT2D eigenvalue weighted by Crippen LogP contribution is -2.50. The third-order valence-corrected chi connectivity index (χ3v) is 5.84. The van der Waals surface area contributed by atoms with E-state index in [1.165, 1.54) is 0 Å². The average molecular weight is 328 g/mol. The highest BCUT2D eigenvalue weighted by atomic mass is 19.1. The molecule has 2 heterocycles. The summed E-state index contributed by atoms with van der Waals surface area (Å²) in [6.45, 7) is 1.58. The minimum absolute atomic E-state index is 0.0825. The minimum atomic E-state index is -1.05. The predicted molar refractivity (Wildman–Crippen MR) is 80.9 cm³/mol. The number of carboxylic acid groups (broad SMARTS) is 2. The first-order valence-corrected chi connectivity index (χ1v) is 8.51. The number of hydrogen-bond donors (Lipinski definition) is 3. The quantitative estimate of drug-likeness (QED) is 0.712. The number of carbonyl (C=O) groups is 2. The fourth-order valence-electron chi connectivity index (χ4n) is 4.65. The van der Waals surface area contributed by atoms with Gasteiger partial charge in [-0.1, -0.05) is 0 Å². The molecule has 3 rings (SSSR count). The predicted octanol–water partition coefficient (Wildman–Crippen LogP) is 0.962. The van der Waals surface area contributed by atoms with Crippen LogP contribution in [-0.4, -0.2) is 64.9 Å². The van der Waals surface area contributed by atoms with Gasteiger partial charge in [-0.15, -0.1) is 0 Å². The van der Waals surface area contributed by atoms with E-state index in [0.717, 1.165) is 25.8 Å². The number of aliphatic carboxylic acids is 2. The molecule has 6 atom stereocenters. The number of nitrogens with zero attached hydrogens (tertiary/aromatic N) is 1. The number of piperidine rings is 1. The van der Waals surface area contributed by atoms with Crippen LogP contribution < -0.4 is 5.32 Å². The van der Waals surface area contributed by atoms with Gasteiger partial charge in [0, 0.05) is 19.5 Å². The molecular formula is C16H25FN2O4. The molecule has 0 bridgehead atoms. The summed E-state index contributed by atoms with van der Waals surface area (Å²) in [5.41, 5.74) is 0. The Labute approximate surface area is 135 Å². The second-order valence-electron chi connectivity index (χ2n) is 7.37. The maximum absolute atomic E-state index is 13.6. The molecule has 0 aromatic carbocycles. The summed E-state index contributed by atoms with van der Waals surface area (Å²) in [6, 6.07) is -1.17. The lowest BCUT2D eigenvalue weighted by atomic mass is 9.69. The molecule has 0 aromatic rings. The standard InChI is InChI=1S/C16H25FN2O4/c17-12-5-14(16(22)23)19(8-12)7-9-1-2-10-6-18-13(15(20)21)4-11(10)3-9/h9-14,18H,1-8H2,(H,20,21)(H,22,23)/t9-,10-,11+,12+,13-,14-/m0/s1. The van der Waals surface area contributed by atoms with Gasteiger partial charge in [0.25, 0.3) is 0 Å². The maximum Gasteiger partial charge on any atom is 0.321 e. The second kappa shape index (κ2) is 6.73. The van der Waals surface area contributed by atoms with Gasteiger partial charge in [-0.3, -0.25) is 14.5 Å². The van der Waals surface area contributed by atoms with E-state index in [2.05, 4.69) is 5.32 Å². The Balaban J connectivity index is 1.57. The van der Waals surface area contributed by atoms with Crippen molar-refractivity contribution in [1.29, 1.82) is 0 Å². The first kappa shape index (κ1) is 16.6. The zero-order chi connectivity index (χ0) is 16.6. The molecular weight excluding hydrogens is 303 g/mol. The molecule has 130 valence electrons.